The van der Waals surface area contributed by atoms with Crippen molar-refractivity contribution in [2.75, 3.05) is 7.11 Å². The predicted molar refractivity (Wildman–Crippen MR) is 105 cm³/mol. The zero-order chi connectivity index (χ0) is 19.6. The van der Waals surface area contributed by atoms with Crippen LogP contribution in [0.2, 0.25) is 0 Å². The molecule has 6 heteroatoms. The highest BCUT2D eigenvalue weighted by Gasteiger charge is 2.13. The van der Waals surface area contributed by atoms with Crippen LogP contribution in [0, 0.1) is 20.8 Å². The van der Waals surface area contributed by atoms with Crippen molar-refractivity contribution < 1.29 is 14.6 Å². The van der Waals surface area contributed by atoms with E-state index in [1.165, 1.54) is 0 Å². The fraction of sp³-hybridized carbons (Fsp3) is 0.190. The van der Waals surface area contributed by atoms with Crippen molar-refractivity contribution in [3.8, 4) is 11.6 Å². The molecule has 0 fully saturated rings. The summed E-state index contributed by atoms with van der Waals surface area (Å²) in [4.78, 5) is 19.8. The number of benzene rings is 1. The summed E-state index contributed by atoms with van der Waals surface area (Å²) >= 11 is 0. The fourth-order valence-electron chi connectivity index (χ4n) is 3.04. The van der Waals surface area contributed by atoms with Gasteiger partial charge in [0.25, 0.3) is 0 Å². The number of carbonyl (C=O) groups is 1. The van der Waals surface area contributed by atoms with E-state index in [-0.39, 0.29) is 5.56 Å². The number of aromatic nitrogens is 2. The highest BCUT2D eigenvalue weighted by molar-refractivity contribution is 5.88. The average Bonchev–Trinajstić information content (AvgIpc) is 2.94. The van der Waals surface area contributed by atoms with Crippen LogP contribution in [0.5, 0.6) is 5.88 Å². The summed E-state index contributed by atoms with van der Waals surface area (Å²) < 4.78 is 7.16. The number of pyridine rings is 1. The van der Waals surface area contributed by atoms with Gasteiger partial charge in [-0.3, -0.25) is 4.99 Å². The van der Waals surface area contributed by atoms with E-state index in [2.05, 4.69) is 20.6 Å². The van der Waals surface area contributed by atoms with E-state index < -0.39 is 5.97 Å². The van der Waals surface area contributed by atoms with Crippen molar-refractivity contribution in [3.05, 3.63) is 70.7 Å². The largest absolute Gasteiger partial charge is 0.481 e. The maximum absolute atomic E-state index is 11.2. The average molecular weight is 363 g/mol. The molecule has 2 aromatic heterocycles. The molecule has 3 rings (SSSR count). The Morgan fingerprint density at radius 1 is 1.19 bits per heavy atom. The Morgan fingerprint density at radius 2 is 1.96 bits per heavy atom. The summed E-state index contributed by atoms with van der Waals surface area (Å²) in [7, 11) is 1.57. The predicted octanol–water partition coefficient (Wildman–Crippen LogP) is 4.25. The molecule has 0 spiro atoms. The van der Waals surface area contributed by atoms with Crippen molar-refractivity contribution in [3.63, 3.8) is 0 Å². The normalized spacial score (nSPS) is 11.1. The molecule has 0 atom stereocenters. The second kappa shape index (κ2) is 7.45. The molecule has 0 aliphatic rings. The molecule has 27 heavy (non-hydrogen) atoms. The first-order valence-corrected chi connectivity index (χ1v) is 8.48. The van der Waals surface area contributed by atoms with Gasteiger partial charge in [0.1, 0.15) is 0 Å². The fourth-order valence-corrected chi connectivity index (χ4v) is 3.04. The Hall–Kier alpha value is -3.41. The van der Waals surface area contributed by atoms with Gasteiger partial charge in [-0.05, 0) is 56.7 Å². The first-order chi connectivity index (χ1) is 12.9. The molecule has 0 saturated carbocycles. The third-order valence-electron chi connectivity index (χ3n) is 4.44. The van der Waals surface area contributed by atoms with Crippen LogP contribution in [0.25, 0.3) is 5.69 Å². The van der Waals surface area contributed by atoms with E-state index in [0.29, 0.717) is 5.88 Å². The molecule has 0 radical (unpaired) electrons. The third-order valence-corrected chi connectivity index (χ3v) is 4.44. The zero-order valence-electron chi connectivity index (χ0n) is 15.7. The van der Waals surface area contributed by atoms with Crippen LogP contribution >= 0.6 is 0 Å². The smallest absolute Gasteiger partial charge is 0.335 e. The number of rotatable bonds is 5. The van der Waals surface area contributed by atoms with Gasteiger partial charge < -0.3 is 14.4 Å². The molecule has 0 saturated heterocycles. The Kier molecular flexibility index (Phi) is 5.07. The molecule has 0 aliphatic carbocycles. The van der Waals surface area contributed by atoms with E-state index in [9.17, 15) is 4.79 Å². The quantitative estimate of drug-likeness (QED) is 0.687. The number of carboxylic acids is 1. The number of nitrogens with zero attached hydrogens (tertiary/aromatic N) is 3. The number of ether oxygens (including phenoxy) is 1. The number of aromatic carboxylic acids is 1. The monoisotopic (exact) mass is 363 g/mol. The minimum Gasteiger partial charge on any atom is -0.481 e. The van der Waals surface area contributed by atoms with Crippen LogP contribution in [0.15, 0.2) is 47.6 Å². The molecular formula is C21H21N3O3. The molecule has 2 heterocycles. The summed E-state index contributed by atoms with van der Waals surface area (Å²) in [6.45, 7) is 5.95. The van der Waals surface area contributed by atoms with E-state index in [0.717, 1.165) is 33.9 Å². The summed E-state index contributed by atoms with van der Waals surface area (Å²) in [6, 6.07) is 10.8. The maximum Gasteiger partial charge on any atom is 0.335 e. The van der Waals surface area contributed by atoms with Crippen molar-refractivity contribution in [1.82, 2.24) is 9.55 Å². The summed E-state index contributed by atoms with van der Waals surface area (Å²) in [5.74, 6) is -0.376. The van der Waals surface area contributed by atoms with E-state index in [4.69, 9.17) is 9.84 Å². The van der Waals surface area contributed by atoms with Crippen LogP contribution in [0.1, 0.15) is 32.9 Å². The van der Waals surface area contributed by atoms with Gasteiger partial charge in [-0.2, -0.15) is 0 Å². The first-order valence-electron chi connectivity index (χ1n) is 8.48. The third kappa shape index (κ3) is 3.74. The standard InChI is InChI=1S/C21H21N3O3/c1-13-9-16(21(25)26)5-7-19(13)24-14(2)10-17(15(24)3)11-22-18-6-8-20(27-4)23-12-18/h5-12H,1-4H3,(H,25,26). The summed E-state index contributed by atoms with van der Waals surface area (Å²) in [5, 5.41) is 9.16. The zero-order valence-corrected chi connectivity index (χ0v) is 15.7. The second-order valence-electron chi connectivity index (χ2n) is 6.29. The lowest BCUT2D eigenvalue weighted by atomic mass is 10.1. The highest BCUT2D eigenvalue weighted by atomic mass is 16.5. The number of methoxy groups -OCH3 is 1. The van der Waals surface area contributed by atoms with Crippen LogP contribution in [0.4, 0.5) is 5.69 Å². The number of aliphatic imine (C=N–C) groups is 1. The Bertz CT molecular complexity index is 1020. The van der Waals surface area contributed by atoms with Gasteiger partial charge in [-0.1, -0.05) is 0 Å². The second-order valence-corrected chi connectivity index (χ2v) is 6.29. The molecule has 0 bridgehead atoms. The maximum atomic E-state index is 11.2. The van der Waals surface area contributed by atoms with E-state index in [1.807, 2.05) is 39.1 Å². The minimum atomic E-state index is -0.925. The number of hydrogen-bond donors (Lipinski definition) is 1. The SMILES string of the molecule is COc1ccc(N=Cc2cc(C)n(-c3ccc(C(=O)O)cc3C)c2C)cn1. The molecule has 3 aromatic rings. The van der Waals surface area contributed by atoms with Gasteiger partial charge in [0, 0.05) is 34.9 Å². The van der Waals surface area contributed by atoms with Crippen molar-refractivity contribution in [2.45, 2.75) is 20.8 Å². The number of carboxylic acid groups (broad SMARTS) is 1. The van der Waals surface area contributed by atoms with E-state index >= 15 is 0 Å². The number of hydrogen-bond acceptors (Lipinski definition) is 4. The van der Waals surface area contributed by atoms with E-state index in [1.54, 1.807) is 31.5 Å². The highest BCUT2D eigenvalue weighted by Crippen LogP contribution is 2.24. The first kappa shape index (κ1) is 18.4. The van der Waals surface area contributed by atoms with Crippen LogP contribution in [-0.4, -0.2) is 34.0 Å². The lowest BCUT2D eigenvalue weighted by Crippen LogP contribution is -2.04. The molecule has 1 aromatic carbocycles. The summed E-state index contributed by atoms with van der Waals surface area (Å²) in [6.07, 6.45) is 3.46. The molecule has 0 aliphatic heterocycles. The lowest BCUT2D eigenvalue weighted by molar-refractivity contribution is 0.0697. The van der Waals surface area contributed by atoms with Gasteiger partial charge in [-0.25, -0.2) is 9.78 Å². The van der Waals surface area contributed by atoms with Gasteiger partial charge >= 0.3 is 5.97 Å². The van der Waals surface area contributed by atoms with Gasteiger partial charge in [0.2, 0.25) is 5.88 Å². The summed E-state index contributed by atoms with van der Waals surface area (Å²) in [5.41, 5.74) is 5.96. The molecule has 0 amide bonds. The molecular weight excluding hydrogens is 342 g/mol. The Labute approximate surface area is 157 Å². The topological polar surface area (TPSA) is 76.7 Å². The molecule has 0 unspecified atom stereocenters. The van der Waals surface area contributed by atoms with Gasteiger partial charge in [0.15, 0.2) is 0 Å². The lowest BCUT2D eigenvalue weighted by Gasteiger charge is -2.13. The van der Waals surface area contributed by atoms with Crippen LogP contribution < -0.4 is 4.74 Å². The Balaban J connectivity index is 1.95. The van der Waals surface area contributed by atoms with Crippen LogP contribution in [-0.2, 0) is 0 Å². The van der Waals surface area contributed by atoms with Crippen molar-refractivity contribution in [2.24, 2.45) is 4.99 Å². The molecule has 138 valence electrons. The molecule has 1 N–H and O–H groups in total. The van der Waals surface area contributed by atoms with Crippen molar-refractivity contribution >= 4 is 17.9 Å². The van der Waals surface area contributed by atoms with Gasteiger partial charge in [-0.15, -0.1) is 0 Å². The number of aryl methyl sites for hydroxylation is 2. The minimum absolute atomic E-state index is 0.285. The van der Waals surface area contributed by atoms with Crippen molar-refractivity contribution in [1.29, 1.82) is 0 Å². The van der Waals surface area contributed by atoms with Crippen LogP contribution in [0.3, 0.4) is 0 Å². The van der Waals surface area contributed by atoms with Gasteiger partial charge in [0.05, 0.1) is 24.6 Å². The Morgan fingerprint density at radius 3 is 2.56 bits per heavy atom. The molecule has 6 nitrogen and oxygen atoms in total.